The molecule has 0 aromatic heterocycles. The van der Waals surface area contributed by atoms with Crippen molar-refractivity contribution in [3.05, 3.63) is 58.1 Å². The molecule has 1 N–H and O–H groups in total. The molecule has 3 nitrogen and oxygen atoms in total. The maximum absolute atomic E-state index is 13.9. The number of hydrogen-bond donors (Lipinski definition) is 1. The summed E-state index contributed by atoms with van der Waals surface area (Å²) in [5.41, 5.74) is 0.988. The lowest BCUT2D eigenvalue weighted by atomic mass is 10.1. The van der Waals surface area contributed by atoms with E-state index in [0.29, 0.717) is 6.42 Å². The number of carbonyl (C=O) groups excluding carboxylic acids is 1. The summed E-state index contributed by atoms with van der Waals surface area (Å²) >= 11 is 3.42. The lowest BCUT2D eigenvalue weighted by molar-refractivity contribution is -0.116. The van der Waals surface area contributed by atoms with Crippen LogP contribution in [0.4, 0.5) is 20.2 Å². The van der Waals surface area contributed by atoms with Crippen molar-refractivity contribution in [1.82, 2.24) is 0 Å². The highest BCUT2D eigenvalue weighted by Gasteiger charge is 2.14. The zero-order valence-corrected chi connectivity index (χ0v) is 14.5. The van der Waals surface area contributed by atoms with Gasteiger partial charge in [0.25, 0.3) is 0 Å². The van der Waals surface area contributed by atoms with Crippen LogP contribution in [0.2, 0.25) is 0 Å². The lowest BCUT2D eigenvalue weighted by Gasteiger charge is -2.16. The van der Waals surface area contributed by atoms with Gasteiger partial charge in [-0.2, -0.15) is 0 Å². The molecule has 0 radical (unpaired) electrons. The summed E-state index contributed by atoms with van der Waals surface area (Å²) in [5.74, 6) is -1.72. The molecule has 23 heavy (non-hydrogen) atoms. The summed E-state index contributed by atoms with van der Waals surface area (Å²) in [6.45, 7) is 0. The van der Waals surface area contributed by atoms with Crippen molar-refractivity contribution >= 4 is 33.2 Å². The average Bonchev–Trinajstić information content (AvgIpc) is 2.45. The van der Waals surface area contributed by atoms with E-state index in [4.69, 9.17) is 0 Å². The Morgan fingerprint density at radius 3 is 2.35 bits per heavy atom. The summed E-state index contributed by atoms with van der Waals surface area (Å²) in [6, 6.07) is 9.85. The number of nitrogens with zero attached hydrogens (tertiary/aromatic N) is 1. The van der Waals surface area contributed by atoms with Crippen molar-refractivity contribution in [2.75, 3.05) is 24.3 Å². The molecular weight excluding hydrogens is 366 g/mol. The molecule has 2 aromatic carbocycles. The number of rotatable bonds is 5. The number of carbonyl (C=O) groups is 1. The Balaban J connectivity index is 2.02. The maximum atomic E-state index is 13.9. The van der Waals surface area contributed by atoms with Gasteiger partial charge in [0.2, 0.25) is 5.91 Å². The van der Waals surface area contributed by atoms with Crippen LogP contribution in [0.25, 0.3) is 0 Å². The lowest BCUT2D eigenvalue weighted by Crippen LogP contribution is -2.16. The molecule has 0 saturated heterocycles. The van der Waals surface area contributed by atoms with Crippen molar-refractivity contribution in [2.24, 2.45) is 0 Å². The first kappa shape index (κ1) is 17.4. The van der Waals surface area contributed by atoms with Gasteiger partial charge in [-0.05, 0) is 30.2 Å². The van der Waals surface area contributed by atoms with Gasteiger partial charge in [-0.3, -0.25) is 4.79 Å². The van der Waals surface area contributed by atoms with Crippen LogP contribution in [0.15, 0.2) is 40.9 Å². The van der Waals surface area contributed by atoms with Gasteiger partial charge in [0.1, 0.15) is 5.69 Å². The number of benzene rings is 2. The van der Waals surface area contributed by atoms with Crippen molar-refractivity contribution in [1.29, 1.82) is 0 Å². The van der Waals surface area contributed by atoms with Crippen LogP contribution in [0.1, 0.15) is 12.0 Å². The smallest absolute Gasteiger partial charge is 0.224 e. The summed E-state index contributed by atoms with van der Waals surface area (Å²) in [6.07, 6.45) is 0.759. The Kier molecular flexibility index (Phi) is 5.71. The molecule has 2 aromatic rings. The van der Waals surface area contributed by atoms with Gasteiger partial charge in [0.15, 0.2) is 11.6 Å². The van der Waals surface area contributed by atoms with Crippen molar-refractivity contribution < 1.29 is 13.6 Å². The van der Waals surface area contributed by atoms with Crippen LogP contribution >= 0.6 is 15.9 Å². The van der Waals surface area contributed by atoms with Gasteiger partial charge < -0.3 is 10.2 Å². The number of nitrogens with one attached hydrogen (secondary N) is 1. The summed E-state index contributed by atoms with van der Waals surface area (Å²) in [7, 11) is 3.11. The zero-order valence-electron chi connectivity index (χ0n) is 12.9. The number of anilines is 2. The predicted octanol–water partition coefficient (Wildman–Crippen LogP) is 4.36. The minimum Gasteiger partial charge on any atom is -0.373 e. The van der Waals surface area contributed by atoms with E-state index in [1.807, 2.05) is 24.3 Å². The third-order valence-electron chi connectivity index (χ3n) is 3.33. The normalized spacial score (nSPS) is 10.5. The summed E-state index contributed by atoms with van der Waals surface area (Å²) < 4.78 is 28.7. The minimum absolute atomic E-state index is 0.114. The van der Waals surface area contributed by atoms with E-state index >= 15 is 0 Å². The Hall–Kier alpha value is -1.95. The van der Waals surface area contributed by atoms with Gasteiger partial charge in [-0.1, -0.05) is 34.1 Å². The fraction of sp³-hybridized carbons (Fsp3) is 0.235. The molecule has 0 aliphatic carbocycles. The minimum atomic E-state index is -0.712. The van der Waals surface area contributed by atoms with Gasteiger partial charge >= 0.3 is 0 Å². The molecular formula is C17H17BrF2N2O. The monoisotopic (exact) mass is 382 g/mol. The van der Waals surface area contributed by atoms with E-state index in [-0.39, 0.29) is 23.7 Å². The van der Waals surface area contributed by atoms with Crippen molar-refractivity contribution in [3.63, 3.8) is 0 Å². The third-order valence-corrected chi connectivity index (χ3v) is 4.10. The molecule has 122 valence electrons. The number of hydrogen-bond acceptors (Lipinski definition) is 2. The Morgan fingerprint density at radius 2 is 1.78 bits per heavy atom. The first-order valence-electron chi connectivity index (χ1n) is 7.08. The Labute approximate surface area is 142 Å². The van der Waals surface area contributed by atoms with E-state index in [9.17, 15) is 13.6 Å². The molecule has 0 unspecified atom stereocenters. The first-order valence-corrected chi connectivity index (χ1v) is 7.87. The molecule has 6 heteroatoms. The molecule has 2 rings (SSSR count). The second-order valence-corrected chi connectivity index (χ2v) is 6.18. The van der Waals surface area contributed by atoms with E-state index in [1.54, 1.807) is 14.1 Å². The quantitative estimate of drug-likeness (QED) is 0.832. The molecule has 0 atom stereocenters. The largest absolute Gasteiger partial charge is 0.373 e. The standard InChI is InChI=1S/C17H17BrF2N2O/c1-22(2)17-14(19)9-12(10-15(17)20)21-16(23)8-7-11-5-3-4-6-13(11)18/h3-6,9-10H,7-8H2,1-2H3,(H,21,23). The SMILES string of the molecule is CN(C)c1c(F)cc(NC(=O)CCc2ccccc2Br)cc1F. The van der Waals surface area contributed by atoms with Crippen LogP contribution in [0, 0.1) is 11.6 Å². The molecule has 0 spiro atoms. The molecule has 1 amide bonds. The molecule has 0 aliphatic rings. The molecule has 0 fully saturated rings. The van der Waals surface area contributed by atoms with Crippen LogP contribution in [-0.2, 0) is 11.2 Å². The Bertz CT molecular complexity index is 696. The number of halogens is 3. The van der Waals surface area contributed by atoms with E-state index in [2.05, 4.69) is 21.2 Å². The van der Waals surface area contributed by atoms with Crippen molar-refractivity contribution in [2.45, 2.75) is 12.8 Å². The first-order chi connectivity index (χ1) is 10.9. The fourth-order valence-corrected chi connectivity index (χ4v) is 2.72. The van der Waals surface area contributed by atoms with E-state index in [1.165, 1.54) is 4.90 Å². The van der Waals surface area contributed by atoms with Gasteiger partial charge in [0, 0.05) is 30.7 Å². The van der Waals surface area contributed by atoms with E-state index < -0.39 is 11.6 Å². The van der Waals surface area contributed by atoms with Gasteiger partial charge in [-0.15, -0.1) is 0 Å². The molecule has 0 heterocycles. The summed E-state index contributed by atoms with van der Waals surface area (Å²) in [5, 5.41) is 2.53. The summed E-state index contributed by atoms with van der Waals surface area (Å²) in [4.78, 5) is 13.3. The highest BCUT2D eigenvalue weighted by molar-refractivity contribution is 9.10. The van der Waals surface area contributed by atoms with Gasteiger partial charge in [0.05, 0.1) is 0 Å². The average molecular weight is 383 g/mol. The van der Waals surface area contributed by atoms with Crippen LogP contribution in [-0.4, -0.2) is 20.0 Å². The third kappa shape index (κ3) is 4.51. The second kappa shape index (κ2) is 7.55. The maximum Gasteiger partial charge on any atom is 0.224 e. The highest BCUT2D eigenvalue weighted by atomic mass is 79.9. The van der Waals surface area contributed by atoms with Crippen molar-refractivity contribution in [3.8, 4) is 0 Å². The predicted molar refractivity (Wildman–Crippen MR) is 91.8 cm³/mol. The number of aryl methyl sites for hydroxylation is 1. The fourth-order valence-electron chi connectivity index (χ4n) is 2.24. The Morgan fingerprint density at radius 1 is 1.17 bits per heavy atom. The van der Waals surface area contributed by atoms with Crippen LogP contribution < -0.4 is 10.2 Å². The highest BCUT2D eigenvalue weighted by Crippen LogP contribution is 2.25. The van der Waals surface area contributed by atoms with Gasteiger partial charge in [-0.25, -0.2) is 8.78 Å². The topological polar surface area (TPSA) is 32.3 Å². The van der Waals surface area contributed by atoms with Crippen LogP contribution in [0.3, 0.4) is 0 Å². The second-order valence-electron chi connectivity index (χ2n) is 5.32. The van der Waals surface area contributed by atoms with E-state index in [0.717, 1.165) is 22.2 Å². The molecule has 0 aliphatic heterocycles. The van der Waals surface area contributed by atoms with Crippen LogP contribution in [0.5, 0.6) is 0 Å². The zero-order chi connectivity index (χ0) is 17.0. The molecule has 0 saturated carbocycles. The molecule has 0 bridgehead atoms. The number of amides is 1.